The second-order valence-corrected chi connectivity index (χ2v) is 8.96. The number of halogens is 4. The van der Waals surface area contributed by atoms with Crippen LogP contribution in [0.15, 0.2) is 36.7 Å². The summed E-state index contributed by atoms with van der Waals surface area (Å²) < 4.78 is 69.2. The summed E-state index contributed by atoms with van der Waals surface area (Å²) >= 11 is 0. The van der Waals surface area contributed by atoms with Crippen molar-refractivity contribution < 1.29 is 31.8 Å². The summed E-state index contributed by atoms with van der Waals surface area (Å²) in [5, 5.41) is 6.38. The maximum atomic E-state index is 14.6. The maximum absolute atomic E-state index is 14.6. The Hall–Kier alpha value is -3.35. The molecule has 2 saturated heterocycles. The van der Waals surface area contributed by atoms with E-state index in [1.165, 1.54) is 17.1 Å². The normalized spacial score (nSPS) is 18.7. The van der Waals surface area contributed by atoms with E-state index < -0.39 is 40.3 Å². The van der Waals surface area contributed by atoms with Crippen molar-refractivity contribution in [2.24, 2.45) is 12.8 Å². The number of amides is 1. The molecule has 1 unspecified atom stereocenters. The lowest BCUT2D eigenvalue weighted by Gasteiger charge is -2.34. The Bertz CT molecular complexity index is 1230. The number of aryl methyl sites for hydroxylation is 1. The van der Waals surface area contributed by atoms with Crippen LogP contribution in [-0.2, 0) is 22.2 Å². The highest BCUT2D eigenvalue weighted by atomic mass is 19.2. The van der Waals surface area contributed by atoms with Crippen molar-refractivity contribution in [3.8, 4) is 11.3 Å². The highest BCUT2D eigenvalue weighted by Gasteiger charge is 2.42. The molecule has 0 aliphatic carbocycles. The molecule has 3 N–H and O–H groups in total. The first-order valence-corrected chi connectivity index (χ1v) is 11.7. The number of rotatable bonds is 4. The van der Waals surface area contributed by atoms with Crippen molar-refractivity contribution in [1.29, 1.82) is 0 Å². The number of carbonyl (C=O) groups is 1. The molecule has 2 aliphatic heterocycles. The van der Waals surface area contributed by atoms with Crippen molar-refractivity contribution >= 4 is 11.6 Å². The number of pyridine rings is 1. The molecule has 1 atom stereocenters. The third kappa shape index (κ3) is 6.32. The van der Waals surface area contributed by atoms with Crippen molar-refractivity contribution in [1.82, 2.24) is 14.8 Å². The molecule has 2 aromatic heterocycles. The Labute approximate surface area is 210 Å². The van der Waals surface area contributed by atoms with E-state index in [0.29, 0.717) is 11.7 Å². The summed E-state index contributed by atoms with van der Waals surface area (Å²) in [6, 6.07) is 3.92. The fraction of sp³-hybridized carbons (Fsp3) is 0.400. The van der Waals surface area contributed by atoms with Crippen LogP contribution in [0, 0.1) is 17.5 Å². The van der Waals surface area contributed by atoms with E-state index in [1.54, 1.807) is 7.05 Å². The lowest BCUT2D eigenvalue weighted by molar-refractivity contribution is -0.135. The third-order valence-corrected chi connectivity index (χ3v) is 6.00. The first-order valence-electron chi connectivity index (χ1n) is 11.7. The minimum absolute atomic E-state index is 0.242. The zero-order chi connectivity index (χ0) is 26.6. The molecule has 12 heteroatoms. The van der Waals surface area contributed by atoms with E-state index in [0.717, 1.165) is 56.7 Å². The Balaban J connectivity index is 0.000000342. The molecule has 2 aliphatic rings. The monoisotopic (exact) mass is 521 g/mol. The van der Waals surface area contributed by atoms with Crippen LogP contribution in [0.25, 0.3) is 11.3 Å². The topological polar surface area (TPSA) is 104 Å². The summed E-state index contributed by atoms with van der Waals surface area (Å²) in [7, 11) is 1.65. The van der Waals surface area contributed by atoms with Gasteiger partial charge >= 0.3 is 0 Å². The molecule has 0 spiro atoms. The van der Waals surface area contributed by atoms with E-state index in [-0.39, 0.29) is 24.5 Å². The van der Waals surface area contributed by atoms with Crippen molar-refractivity contribution in [3.63, 3.8) is 0 Å². The van der Waals surface area contributed by atoms with E-state index in [2.05, 4.69) is 15.4 Å². The molecular weight excluding hydrogens is 494 g/mol. The first-order chi connectivity index (χ1) is 17.7. The van der Waals surface area contributed by atoms with Gasteiger partial charge in [0.2, 0.25) is 0 Å². The summed E-state index contributed by atoms with van der Waals surface area (Å²) in [4.78, 5) is 16.1. The van der Waals surface area contributed by atoms with Gasteiger partial charge in [0.15, 0.2) is 5.67 Å². The third-order valence-electron chi connectivity index (χ3n) is 6.00. The number of carbonyl (C=O) groups excluding carboxylic acids is 1. The number of nitrogens with zero attached hydrogens (tertiary/aromatic N) is 3. The zero-order valence-corrected chi connectivity index (χ0v) is 20.1. The van der Waals surface area contributed by atoms with Crippen LogP contribution in [0.1, 0.15) is 35.3 Å². The van der Waals surface area contributed by atoms with Gasteiger partial charge in [-0.15, -0.1) is 0 Å². The van der Waals surface area contributed by atoms with Crippen LogP contribution in [0.4, 0.5) is 23.2 Å². The maximum Gasteiger partial charge on any atom is 0.274 e. The van der Waals surface area contributed by atoms with Gasteiger partial charge < -0.3 is 20.5 Å². The van der Waals surface area contributed by atoms with Crippen LogP contribution in [0.3, 0.4) is 0 Å². The summed E-state index contributed by atoms with van der Waals surface area (Å²) in [5.41, 5.74) is 2.05. The number of hydrogen-bond acceptors (Lipinski definition) is 6. The molecular formula is C25H27F4N5O3. The predicted octanol–water partition coefficient (Wildman–Crippen LogP) is 3.86. The molecule has 1 aromatic carbocycles. The van der Waals surface area contributed by atoms with E-state index in [1.807, 2.05) is 0 Å². The van der Waals surface area contributed by atoms with Gasteiger partial charge in [-0.2, -0.15) is 5.10 Å². The average molecular weight is 522 g/mol. The number of nitrogens with two attached hydrogens (primary N) is 1. The fourth-order valence-corrected chi connectivity index (χ4v) is 3.86. The molecule has 5 rings (SSSR count). The lowest BCUT2D eigenvalue weighted by Crippen LogP contribution is -2.42. The minimum Gasteiger partial charge on any atom is -0.381 e. The van der Waals surface area contributed by atoms with Crippen LogP contribution < -0.4 is 11.1 Å². The fourth-order valence-electron chi connectivity index (χ4n) is 3.86. The van der Waals surface area contributed by atoms with Gasteiger partial charge in [0.25, 0.3) is 5.91 Å². The number of benzene rings is 1. The van der Waals surface area contributed by atoms with E-state index >= 15 is 0 Å². The van der Waals surface area contributed by atoms with Crippen LogP contribution in [0.5, 0.6) is 0 Å². The van der Waals surface area contributed by atoms with Gasteiger partial charge in [-0.25, -0.2) is 22.5 Å². The predicted molar refractivity (Wildman–Crippen MR) is 127 cm³/mol. The summed E-state index contributed by atoms with van der Waals surface area (Å²) in [6.45, 7) is 1.14. The van der Waals surface area contributed by atoms with Gasteiger partial charge in [0, 0.05) is 32.5 Å². The number of aromatic nitrogens is 3. The molecule has 198 valence electrons. The molecule has 37 heavy (non-hydrogen) atoms. The quantitative estimate of drug-likeness (QED) is 0.506. The number of nitrogens with one attached hydrogen (secondary N) is 1. The SMILES string of the molecule is Cn1cc(NC(=O)c2ccc(F)c(-c3c(F)cc(C4(F)COC4)cc3F)n2)cn1.NC1CCCOCC1. The number of anilines is 1. The highest BCUT2D eigenvalue weighted by molar-refractivity contribution is 6.03. The lowest BCUT2D eigenvalue weighted by atomic mass is 9.92. The largest absolute Gasteiger partial charge is 0.381 e. The smallest absolute Gasteiger partial charge is 0.274 e. The Morgan fingerprint density at radius 2 is 1.84 bits per heavy atom. The number of ether oxygens (including phenoxy) is 2. The molecule has 8 nitrogen and oxygen atoms in total. The Morgan fingerprint density at radius 1 is 1.11 bits per heavy atom. The van der Waals surface area contributed by atoms with Gasteiger partial charge in [-0.3, -0.25) is 9.48 Å². The number of alkyl halides is 1. The van der Waals surface area contributed by atoms with Gasteiger partial charge in [-0.1, -0.05) is 0 Å². The van der Waals surface area contributed by atoms with Crippen LogP contribution in [0.2, 0.25) is 0 Å². The molecule has 0 bridgehead atoms. The second kappa shape index (κ2) is 11.4. The van der Waals surface area contributed by atoms with E-state index in [9.17, 15) is 22.4 Å². The molecule has 2 fully saturated rings. The van der Waals surface area contributed by atoms with Crippen molar-refractivity contribution in [3.05, 3.63) is 65.4 Å². The Morgan fingerprint density at radius 3 is 2.46 bits per heavy atom. The molecule has 1 amide bonds. The van der Waals surface area contributed by atoms with Crippen LogP contribution >= 0.6 is 0 Å². The minimum atomic E-state index is -1.99. The zero-order valence-electron chi connectivity index (χ0n) is 20.1. The molecule has 4 heterocycles. The van der Waals surface area contributed by atoms with E-state index in [4.69, 9.17) is 15.2 Å². The summed E-state index contributed by atoms with van der Waals surface area (Å²) in [6.07, 6.45) is 6.23. The molecule has 0 saturated carbocycles. The average Bonchev–Trinajstić information content (AvgIpc) is 3.09. The number of hydrogen-bond donors (Lipinski definition) is 2. The Kier molecular flexibility index (Phi) is 8.20. The van der Waals surface area contributed by atoms with Gasteiger partial charge in [0.1, 0.15) is 28.8 Å². The standard InChI is InChI=1S/C19H14F4N4O2.C6H13NO/c1-27-7-11(6-24-27)25-18(28)15-3-2-12(20)17(26-15)16-13(21)4-10(5-14(16)22)19(23)8-29-9-19;7-6-2-1-4-8-5-3-6/h2-7H,8-9H2,1H3,(H,25,28);6H,1-5,7H2. The van der Waals surface area contributed by atoms with Crippen molar-refractivity contribution in [2.75, 3.05) is 31.7 Å². The van der Waals surface area contributed by atoms with Gasteiger partial charge in [0.05, 0.1) is 30.7 Å². The molecule has 3 aromatic rings. The van der Waals surface area contributed by atoms with Crippen LogP contribution in [-0.4, -0.2) is 53.1 Å². The van der Waals surface area contributed by atoms with Crippen molar-refractivity contribution in [2.45, 2.75) is 31.0 Å². The summed E-state index contributed by atoms with van der Waals surface area (Å²) in [5.74, 6) is -4.14. The van der Waals surface area contributed by atoms with Gasteiger partial charge in [-0.05, 0) is 49.1 Å². The molecule has 0 radical (unpaired) electrons. The highest BCUT2D eigenvalue weighted by Crippen LogP contribution is 2.37. The first kappa shape index (κ1) is 26.7. The second-order valence-electron chi connectivity index (χ2n) is 8.96.